The number of benzene rings is 1. The highest BCUT2D eigenvalue weighted by Crippen LogP contribution is 2.21. The minimum atomic E-state index is -0.882. The van der Waals surface area contributed by atoms with Gasteiger partial charge < -0.3 is 19.6 Å². The van der Waals surface area contributed by atoms with Crippen LogP contribution in [0.1, 0.15) is 25.2 Å². The fourth-order valence-corrected chi connectivity index (χ4v) is 2.67. The first-order chi connectivity index (χ1) is 12.0. The summed E-state index contributed by atoms with van der Waals surface area (Å²) in [6, 6.07) is 5.93. The van der Waals surface area contributed by atoms with E-state index >= 15 is 0 Å². The van der Waals surface area contributed by atoms with Crippen molar-refractivity contribution >= 4 is 5.91 Å². The SMILES string of the molecule is O=C(CCc1ncc(-c2ccc(F)cc2)o1)NCC1(O)CCOCC1. The molecule has 0 unspecified atom stereocenters. The Kier molecular flexibility index (Phi) is 5.45. The maximum absolute atomic E-state index is 12.9. The smallest absolute Gasteiger partial charge is 0.220 e. The van der Waals surface area contributed by atoms with Crippen LogP contribution in [0, 0.1) is 5.82 Å². The summed E-state index contributed by atoms with van der Waals surface area (Å²) in [7, 11) is 0. The van der Waals surface area contributed by atoms with Gasteiger partial charge in [-0.25, -0.2) is 9.37 Å². The van der Waals surface area contributed by atoms with E-state index < -0.39 is 5.60 Å². The van der Waals surface area contributed by atoms with Gasteiger partial charge >= 0.3 is 0 Å². The molecule has 0 saturated carbocycles. The first kappa shape index (κ1) is 17.6. The lowest BCUT2D eigenvalue weighted by atomic mass is 9.94. The second kappa shape index (κ2) is 7.76. The number of nitrogens with zero attached hydrogens (tertiary/aromatic N) is 1. The Morgan fingerprint density at radius 1 is 1.28 bits per heavy atom. The van der Waals surface area contributed by atoms with Crippen LogP contribution >= 0.6 is 0 Å². The van der Waals surface area contributed by atoms with E-state index in [2.05, 4.69) is 10.3 Å². The normalized spacial score (nSPS) is 16.6. The predicted molar refractivity (Wildman–Crippen MR) is 88.2 cm³/mol. The van der Waals surface area contributed by atoms with Gasteiger partial charge in [0.1, 0.15) is 5.82 Å². The Morgan fingerprint density at radius 3 is 2.72 bits per heavy atom. The molecule has 7 heteroatoms. The third-order valence-corrected chi connectivity index (χ3v) is 4.29. The number of aryl methyl sites for hydroxylation is 1. The number of rotatable bonds is 6. The molecule has 0 radical (unpaired) electrons. The summed E-state index contributed by atoms with van der Waals surface area (Å²) in [6.07, 6.45) is 3.18. The maximum Gasteiger partial charge on any atom is 0.220 e. The lowest BCUT2D eigenvalue weighted by Gasteiger charge is -2.32. The van der Waals surface area contributed by atoms with Crippen molar-refractivity contribution in [2.24, 2.45) is 0 Å². The summed E-state index contributed by atoms with van der Waals surface area (Å²) in [5.74, 6) is 0.499. The number of halogens is 1. The highest BCUT2D eigenvalue weighted by Gasteiger charge is 2.30. The minimum absolute atomic E-state index is 0.165. The molecule has 1 aliphatic heterocycles. The van der Waals surface area contributed by atoms with E-state index in [4.69, 9.17) is 9.15 Å². The van der Waals surface area contributed by atoms with Crippen molar-refractivity contribution in [3.05, 3.63) is 42.2 Å². The van der Waals surface area contributed by atoms with Gasteiger partial charge in [-0.1, -0.05) is 0 Å². The van der Waals surface area contributed by atoms with Gasteiger partial charge in [0, 0.05) is 51.0 Å². The molecule has 2 aromatic rings. The van der Waals surface area contributed by atoms with Gasteiger partial charge in [-0.15, -0.1) is 0 Å². The van der Waals surface area contributed by atoms with Crippen molar-refractivity contribution < 1.29 is 23.4 Å². The van der Waals surface area contributed by atoms with Crippen LogP contribution in [0.4, 0.5) is 4.39 Å². The number of amides is 1. The molecule has 1 fully saturated rings. The van der Waals surface area contributed by atoms with Gasteiger partial charge in [-0.3, -0.25) is 4.79 Å². The highest BCUT2D eigenvalue weighted by atomic mass is 19.1. The quantitative estimate of drug-likeness (QED) is 0.835. The van der Waals surface area contributed by atoms with Crippen LogP contribution in [0.2, 0.25) is 0 Å². The molecule has 3 rings (SSSR count). The third-order valence-electron chi connectivity index (χ3n) is 4.29. The van der Waals surface area contributed by atoms with Crippen molar-refractivity contribution in [3.8, 4) is 11.3 Å². The number of hydrogen-bond donors (Lipinski definition) is 2. The number of aliphatic hydroxyl groups is 1. The average molecular weight is 348 g/mol. The lowest BCUT2D eigenvalue weighted by Crippen LogP contribution is -2.46. The zero-order chi connectivity index (χ0) is 17.7. The molecule has 1 saturated heterocycles. The molecule has 0 bridgehead atoms. The van der Waals surface area contributed by atoms with Crippen molar-refractivity contribution in [2.75, 3.05) is 19.8 Å². The van der Waals surface area contributed by atoms with Crippen LogP contribution in [0.25, 0.3) is 11.3 Å². The van der Waals surface area contributed by atoms with Gasteiger partial charge in [-0.2, -0.15) is 0 Å². The molecule has 0 spiro atoms. The molecular formula is C18H21FN2O4. The molecule has 0 atom stereocenters. The highest BCUT2D eigenvalue weighted by molar-refractivity contribution is 5.76. The summed E-state index contributed by atoms with van der Waals surface area (Å²) < 4.78 is 23.7. The van der Waals surface area contributed by atoms with E-state index in [-0.39, 0.29) is 24.7 Å². The number of carbonyl (C=O) groups is 1. The molecule has 6 nitrogen and oxygen atoms in total. The number of carbonyl (C=O) groups excluding carboxylic acids is 1. The molecule has 1 aromatic heterocycles. The molecular weight excluding hydrogens is 327 g/mol. The van der Waals surface area contributed by atoms with Crippen LogP contribution in [-0.4, -0.2) is 41.4 Å². The Labute approximate surface area is 145 Å². The fourth-order valence-electron chi connectivity index (χ4n) is 2.67. The van der Waals surface area contributed by atoms with Crippen LogP contribution < -0.4 is 5.32 Å². The molecule has 25 heavy (non-hydrogen) atoms. The lowest BCUT2D eigenvalue weighted by molar-refractivity contribution is -0.124. The predicted octanol–water partition coefficient (Wildman–Crippen LogP) is 2.07. The summed E-state index contributed by atoms with van der Waals surface area (Å²) in [5.41, 5.74) is -0.154. The topological polar surface area (TPSA) is 84.6 Å². The van der Waals surface area contributed by atoms with E-state index in [1.165, 1.54) is 12.1 Å². The van der Waals surface area contributed by atoms with Crippen LogP contribution in [-0.2, 0) is 16.0 Å². The summed E-state index contributed by atoms with van der Waals surface area (Å²) in [4.78, 5) is 16.1. The zero-order valence-electron chi connectivity index (χ0n) is 13.8. The van der Waals surface area contributed by atoms with E-state index in [1.54, 1.807) is 18.3 Å². The number of aromatic nitrogens is 1. The van der Waals surface area contributed by atoms with E-state index in [0.29, 0.717) is 44.1 Å². The summed E-state index contributed by atoms with van der Waals surface area (Å²) in [6.45, 7) is 1.24. The number of hydrogen-bond acceptors (Lipinski definition) is 5. The summed E-state index contributed by atoms with van der Waals surface area (Å²) >= 11 is 0. The second-order valence-electron chi connectivity index (χ2n) is 6.24. The zero-order valence-corrected chi connectivity index (χ0v) is 13.8. The van der Waals surface area contributed by atoms with Crippen molar-refractivity contribution in [1.82, 2.24) is 10.3 Å². The van der Waals surface area contributed by atoms with E-state index in [1.807, 2.05) is 0 Å². The van der Waals surface area contributed by atoms with Gasteiger partial charge in [0.05, 0.1) is 11.8 Å². The van der Waals surface area contributed by atoms with E-state index in [9.17, 15) is 14.3 Å². The third kappa shape index (κ3) is 4.87. The van der Waals surface area contributed by atoms with E-state index in [0.717, 1.165) is 5.56 Å². The second-order valence-corrected chi connectivity index (χ2v) is 6.24. The molecule has 2 heterocycles. The van der Waals surface area contributed by atoms with Crippen molar-refractivity contribution in [3.63, 3.8) is 0 Å². The standard InChI is InChI=1S/C18H21FN2O4/c19-14-3-1-13(2-4-14)15-11-20-17(25-15)6-5-16(22)21-12-18(23)7-9-24-10-8-18/h1-4,11,23H,5-10,12H2,(H,21,22). The Balaban J connectivity index is 1.47. The fraction of sp³-hybridized carbons (Fsp3) is 0.444. The minimum Gasteiger partial charge on any atom is -0.441 e. The number of oxazole rings is 1. The molecule has 1 amide bonds. The molecule has 2 N–H and O–H groups in total. The van der Waals surface area contributed by atoms with Crippen LogP contribution in [0.3, 0.4) is 0 Å². The maximum atomic E-state index is 12.9. The van der Waals surface area contributed by atoms with Crippen molar-refractivity contribution in [1.29, 1.82) is 0 Å². The number of ether oxygens (including phenoxy) is 1. The first-order valence-electron chi connectivity index (χ1n) is 8.32. The van der Waals surface area contributed by atoms with Crippen molar-refractivity contribution in [2.45, 2.75) is 31.3 Å². The van der Waals surface area contributed by atoms with Gasteiger partial charge in [0.25, 0.3) is 0 Å². The molecule has 134 valence electrons. The average Bonchev–Trinajstić information content (AvgIpc) is 3.08. The molecule has 1 aliphatic rings. The van der Waals surface area contributed by atoms with Crippen LogP contribution in [0.5, 0.6) is 0 Å². The molecule has 0 aliphatic carbocycles. The first-order valence-corrected chi connectivity index (χ1v) is 8.32. The number of nitrogens with one attached hydrogen (secondary N) is 1. The van der Waals surface area contributed by atoms with Crippen LogP contribution in [0.15, 0.2) is 34.9 Å². The Morgan fingerprint density at radius 2 is 2.00 bits per heavy atom. The Hall–Kier alpha value is -2.25. The van der Waals surface area contributed by atoms with Gasteiger partial charge in [0.15, 0.2) is 11.7 Å². The van der Waals surface area contributed by atoms with Gasteiger partial charge in [-0.05, 0) is 24.3 Å². The largest absolute Gasteiger partial charge is 0.441 e. The van der Waals surface area contributed by atoms with Gasteiger partial charge in [0.2, 0.25) is 5.91 Å². The summed E-state index contributed by atoms with van der Waals surface area (Å²) in [5, 5.41) is 13.1. The monoisotopic (exact) mass is 348 g/mol. The molecule has 1 aromatic carbocycles. The Bertz CT molecular complexity index is 708.